The molecule has 0 aliphatic carbocycles. The number of aromatic nitrogens is 15. The summed E-state index contributed by atoms with van der Waals surface area (Å²) >= 11 is 0. The lowest BCUT2D eigenvalue weighted by molar-refractivity contribution is 1.07. The molecule has 0 atom stereocenters. The van der Waals surface area contributed by atoms with Gasteiger partial charge >= 0.3 is 0 Å². The molecule has 0 saturated heterocycles. The molecule has 0 aliphatic rings. The molecule has 9 heterocycles. The number of benzene rings is 17. The Morgan fingerprint density at radius 1 is 0.129 bits per heavy atom. The van der Waals surface area contributed by atoms with Crippen molar-refractivity contribution in [3.8, 4) is 170 Å². The van der Waals surface area contributed by atoms with Crippen LogP contribution in [0.5, 0.6) is 0 Å². The van der Waals surface area contributed by atoms with Crippen molar-refractivity contribution in [1.82, 2.24) is 74.8 Å². The van der Waals surface area contributed by atoms with Crippen LogP contribution in [0.3, 0.4) is 0 Å². The maximum atomic E-state index is 5.17. The van der Waals surface area contributed by atoms with Crippen LogP contribution in [0.1, 0.15) is 0 Å². The van der Waals surface area contributed by atoms with Gasteiger partial charge in [0, 0.05) is 131 Å². The summed E-state index contributed by atoms with van der Waals surface area (Å²) in [7, 11) is 0. The van der Waals surface area contributed by atoms with Crippen molar-refractivity contribution in [3.05, 3.63) is 480 Å². The van der Waals surface area contributed by atoms with Crippen LogP contribution < -0.4 is 0 Å². The van der Waals surface area contributed by atoms with Crippen molar-refractivity contribution in [1.29, 1.82) is 0 Å². The highest BCUT2D eigenvalue weighted by molar-refractivity contribution is 6.00. The van der Waals surface area contributed by atoms with Crippen LogP contribution in [0, 0.1) is 0 Å². The highest BCUT2D eigenvalue weighted by atomic mass is 15.1. The fourth-order valence-electron chi connectivity index (χ4n) is 18.2. The topological polar surface area (TPSA) is 193 Å². The molecule has 0 bridgehead atoms. The molecule has 9 aromatic heterocycles. The van der Waals surface area contributed by atoms with E-state index in [1.54, 1.807) is 12.4 Å². The first-order chi connectivity index (χ1) is 69.3. The van der Waals surface area contributed by atoms with Crippen LogP contribution in [-0.4, -0.2) is 74.8 Å². The minimum atomic E-state index is 0.575. The van der Waals surface area contributed by atoms with Gasteiger partial charge in [-0.05, 0) is 215 Å². The Labute approximate surface area is 805 Å². The Bertz CT molecular complexity index is 8510. The average Bonchev–Trinajstić information content (AvgIpc) is 0.778. The zero-order valence-corrected chi connectivity index (χ0v) is 75.3. The molecule has 26 aromatic rings. The van der Waals surface area contributed by atoms with E-state index in [0.717, 1.165) is 182 Å². The monoisotopic (exact) mass is 1790 g/mol. The van der Waals surface area contributed by atoms with Crippen LogP contribution >= 0.6 is 0 Å². The molecule has 0 unspecified atom stereocenters. The van der Waals surface area contributed by atoms with Crippen molar-refractivity contribution >= 4 is 86.4 Å². The van der Waals surface area contributed by atoms with Gasteiger partial charge in [-0.3, -0.25) is 19.9 Å². The normalized spacial score (nSPS) is 11.3. The number of fused-ring (bicyclic) bond motifs is 8. The molecule has 0 saturated carbocycles. The Morgan fingerprint density at radius 2 is 0.400 bits per heavy atom. The third-order valence-electron chi connectivity index (χ3n) is 25.3. The SMILES string of the molecule is c1ccc(-c2cc(-c3ccccn3)cc(-c3nc(-c4cccc5ccccc45)nc(-c4cccc5ccccc45)n3)c2)nc1.c1ccc2cc(-c3nc(-c4cc(-c5ccc6ccccc6n5)cc(-c5ccc6ccccc6n5)c4)nc(-c4ccc5ccccc5c4)n3)ccc2c1.c1cncc(-c2cc(-c3cccnc3)cc(-c3nc(-c4ccc5ccccc5c4)nc(-c4ccc5ccccc5c4)n3)c2)c1. The fraction of sp³-hybridized carbons (Fsp3) is 0. The predicted octanol–water partition coefficient (Wildman–Crippen LogP) is 30.2. The van der Waals surface area contributed by atoms with E-state index in [0.29, 0.717) is 52.4 Å². The highest BCUT2D eigenvalue weighted by Gasteiger charge is 2.23. The smallest absolute Gasteiger partial charge is 0.164 e. The molecule has 17 aromatic carbocycles. The second-order valence-electron chi connectivity index (χ2n) is 34.3. The van der Waals surface area contributed by atoms with E-state index in [9.17, 15) is 0 Å². The summed E-state index contributed by atoms with van der Waals surface area (Å²) in [5, 5.41) is 15.8. The number of nitrogens with zero attached hydrogens (tertiary/aromatic N) is 15. The van der Waals surface area contributed by atoms with Gasteiger partial charge in [-0.15, -0.1) is 0 Å². The minimum absolute atomic E-state index is 0.575. The molecule has 0 aliphatic heterocycles. The molecule has 26 rings (SSSR count). The Kier molecular flexibility index (Phi) is 22.3. The largest absolute Gasteiger partial charge is 0.264 e. The number of hydrogen-bond acceptors (Lipinski definition) is 15. The van der Waals surface area contributed by atoms with Crippen molar-refractivity contribution < 1.29 is 0 Å². The van der Waals surface area contributed by atoms with Gasteiger partial charge in [0.2, 0.25) is 0 Å². The average molecular weight is 1790 g/mol. The first-order valence-electron chi connectivity index (χ1n) is 46.3. The van der Waals surface area contributed by atoms with E-state index in [2.05, 4.69) is 378 Å². The zero-order valence-electron chi connectivity index (χ0n) is 75.3. The second kappa shape index (κ2) is 37.3. The Hall–Kier alpha value is -19.3. The van der Waals surface area contributed by atoms with E-state index in [4.69, 9.17) is 54.8 Å². The van der Waals surface area contributed by atoms with Crippen LogP contribution in [0.25, 0.3) is 256 Å². The molecule has 0 amide bonds. The van der Waals surface area contributed by atoms with Gasteiger partial charge in [0.1, 0.15) is 0 Å². The van der Waals surface area contributed by atoms with Gasteiger partial charge in [-0.1, -0.05) is 303 Å². The standard InChI is InChI=1S/C47H29N5.2C39H25N5/c1-3-13-34-25-36(19-17-30(34)9-1)45-50-46(37-20-18-31-10-2-4-14-35(31)26-37)52-47(51-45)40-28-38(43-23-21-32-11-5-7-15-41(32)48-43)27-39(29-40)44-24-22-33-12-6-8-16-42(33)49-44;1-3-15-31-26(11-1)13-9-17-33(31)38-42-37(43-39(44-38)34-18-10-14-27-12-2-4-16-32(27)34)30-24-28(35-19-5-7-21-40-35)23-29(25-30)36-20-6-8-22-41-36;1-3-9-28-19-30(15-13-26(28)7-1)37-42-38(31-16-14-27-8-2-4-10-29(27)20-31)44-39(43-37)36-22-34(32-11-5-17-40-24-32)21-35(23-36)33-12-6-18-41-25-33/h1-29H;2*1-25H. The molecule has 0 spiro atoms. The maximum Gasteiger partial charge on any atom is 0.164 e. The summed E-state index contributed by atoms with van der Waals surface area (Å²) < 4.78 is 0. The summed E-state index contributed by atoms with van der Waals surface area (Å²) in [6, 6.07) is 152. The van der Waals surface area contributed by atoms with Gasteiger partial charge in [0.15, 0.2) is 52.4 Å². The van der Waals surface area contributed by atoms with Gasteiger partial charge in [0.25, 0.3) is 0 Å². The van der Waals surface area contributed by atoms with Crippen LogP contribution in [0.4, 0.5) is 0 Å². The van der Waals surface area contributed by atoms with Crippen molar-refractivity contribution in [2.45, 2.75) is 0 Å². The number of hydrogen-bond donors (Lipinski definition) is 0. The van der Waals surface area contributed by atoms with Crippen LogP contribution in [0.15, 0.2) is 480 Å². The molecule has 654 valence electrons. The van der Waals surface area contributed by atoms with Crippen LogP contribution in [0.2, 0.25) is 0 Å². The van der Waals surface area contributed by atoms with Crippen molar-refractivity contribution in [3.63, 3.8) is 0 Å². The minimum Gasteiger partial charge on any atom is -0.264 e. The van der Waals surface area contributed by atoms with E-state index in [1.165, 1.54) is 21.5 Å². The lowest BCUT2D eigenvalue weighted by Gasteiger charge is -2.13. The van der Waals surface area contributed by atoms with Gasteiger partial charge < -0.3 is 0 Å². The summed E-state index contributed by atoms with van der Waals surface area (Å²) in [5.74, 6) is 5.47. The number of pyridine rings is 6. The third-order valence-corrected chi connectivity index (χ3v) is 25.3. The Balaban J connectivity index is 0.000000114. The fourth-order valence-corrected chi connectivity index (χ4v) is 18.2. The summed E-state index contributed by atoms with van der Waals surface area (Å²) in [4.78, 5) is 74.2. The van der Waals surface area contributed by atoms with Gasteiger partial charge in [-0.2, -0.15) is 0 Å². The van der Waals surface area contributed by atoms with Gasteiger partial charge in [-0.25, -0.2) is 54.8 Å². The Morgan fingerprint density at radius 3 is 0.750 bits per heavy atom. The highest BCUT2D eigenvalue weighted by Crippen LogP contribution is 2.41. The quantitative estimate of drug-likeness (QED) is 0.0940. The summed E-state index contributed by atoms with van der Waals surface area (Å²) in [6.45, 7) is 0. The predicted molar refractivity (Wildman–Crippen MR) is 568 cm³/mol. The lowest BCUT2D eigenvalue weighted by Crippen LogP contribution is -2.01. The molecule has 15 nitrogen and oxygen atoms in total. The second-order valence-corrected chi connectivity index (χ2v) is 34.3. The molecular weight excluding hydrogens is 1710 g/mol. The summed E-state index contributed by atoms with van der Waals surface area (Å²) in [6.07, 6.45) is 10.9. The van der Waals surface area contributed by atoms with E-state index in [-0.39, 0.29) is 0 Å². The molecular formula is C125H79N15. The number of para-hydroxylation sites is 2. The first-order valence-corrected chi connectivity index (χ1v) is 46.3. The molecule has 140 heavy (non-hydrogen) atoms. The molecule has 15 heteroatoms. The zero-order chi connectivity index (χ0) is 93.0. The lowest BCUT2D eigenvalue weighted by atomic mass is 9.97. The van der Waals surface area contributed by atoms with Crippen molar-refractivity contribution in [2.75, 3.05) is 0 Å². The number of rotatable bonds is 15. The van der Waals surface area contributed by atoms with Crippen LogP contribution in [-0.2, 0) is 0 Å². The van der Waals surface area contributed by atoms with E-state index in [1.807, 2.05) is 110 Å². The molecule has 0 fully saturated rings. The molecule has 0 radical (unpaired) electrons. The van der Waals surface area contributed by atoms with Crippen molar-refractivity contribution in [2.24, 2.45) is 0 Å². The maximum absolute atomic E-state index is 5.17. The van der Waals surface area contributed by atoms with E-state index >= 15 is 0 Å². The first kappa shape index (κ1) is 83.8. The molecule has 0 N–H and O–H groups in total. The summed E-state index contributed by atoms with van der Waals surface area (Å²) in [5.41, 5.74) is 21.5. The third kappa shape index (κ3) is 17.5. The van der Waals surface area contributed by atoms with E-state index < -0.39 is 0 Å². The van der Waals surface area contributed by atoms with Gasteiger partial charge in [0.05, 0.1) is 33.8 Å².